The SMILES string of the molecule is O=S(O)c1ccc(Br)cc1Br.[Na+]. The number of hydrogen-bond donors (Lipinski definition) is 1. The molecular formula is C6H4Br2NaO2S+. The summed E-state index contributed by atoms with van der Waals surface area (Å²) in [6, 6.07) is 5.03. The first kappa shape index (κ1) is 13.3. The summed E-state index contributed by atoms with van der Waals surface area (Å²) < 4.78 is 20.8. The molecule has 1 rings (SSSR count). The van der Waals surface area contributed by atoms with Gasteiger partial charge in [0.25, 0.3) is 0 Å². The number of rotatable bonds is 1. The van der Waals surface area contributed by atoms with Gasteiger partial charge in [0.05, 0.1) is 4.90 Å². The Morgan fingerprint density at radius 2 is 1.92 bits per heavy atom. The zero-order chi connectivity index (χ0) is 8.43. The molecular weight excluding hydrogens is 319 g/mol. The van der Waals surface area contributed by atoms with Crippen LogP contribution in [0.2, 0.25) is 0 Å². The average molecular weight is 323 g/mol. The monoisotopic (exact) mass is 321 g/mol. The predicted molar refractivity (Wildman–Crippen MR) is 50.9 cm³/mol. The van der Waals surface area contributed by atoms with Crippen LogP contribution in [0.5, 0.6) is 0 Å². The summed E-state index contributed by atoms with van der Waals surface area (Å²) in [4.78, 5) is 0.383. The summed E-state index contributed by atoms with van der Waals surface area (Å²) in [5, 5.41) is 0. The van der Waals surface area contributed by atoms with Gasteiger partial charge in [0.1, 0.15) is 0 Å². The molecule has 0 aliphatic heterocycles. The topological polar surface area (TPSA) is 37.3 Å². The van der Waals surface area contributed by atoms with E-state index in [1.165, 1.54) is 0 Å². The standard InChI is InChI=1S/C6H4Br2O2S.Na/c7-4-1-2-6(11(9)10)5(8)3-4;/h1-3H,(H,9,10);/q;+1. The summed E-state index contributed by atoms with van der Waals surface area (Å²) in [6.45, 7) is 0. The molecule has 0 amide bonds. The second-order valence-corrected chi connectivity index (χ2v) is 4.53. The van der Waals surface area contributed by atoms with Crippen LogP contribution in [0.25, 0.3) is 0 Å². The average Bonchev–Trinajstić information content (AvgIpc) is 1.85. The van der Waals surface area contributed by atoms with E-state index >= 15 is 0 Å². The molecule has 0 aromatic heterocycles. The van der Waals surface area contributed by atoms with E-state index in [1.54, 1.807) is 18.2 Å². The van der Waals surface area contributed by atoms with E-state index in [0.29, 0.717) is 9.37 Å². The van der Waals surface area contributed by atoms with Gasteiger partial charge in [-0.05, 0) is 34.1 Å². The van der Waals surface area contributed by atoms with Gasteiger partial charge in [-0.15, -0.1) is 0 Å². The van der Waals surface area contributed by atoms with Crippen molar-refractivity contribution >= 4 is 42.9 Å². The van der Waals surface area contributed by atoms with Crippen molar-refractivity contribution in [2.75, 3.05) is 0 Å². The fraction of sp³-hybridized carbons (Fsp3) is 0. The number of benzene rings is 1. The molecule has 0 aliphatic carbocycles. The molecule has 0 radical (unpaired) electrons. The molecule has 1 aromatic rings. The van der Waals surface area contributed by atoms with Gasteiger partial charge in [-0.3, -0.25) is 0 Å². The van der Waals surface area contributed by atoms with E-state index in [9.17, 15) is 4.21 Å². The van der Waals surface area contributed by atoms with Crippen LogP contribution in [0.3, 0.4) is 0 Å². The smallest absolute Gasteiger partial charge is 0.302 e. The molecule has 0 fully saturated rings. The molecule has 12 heavy (non-hydrogen) atoms. The second-order valence-electron chi connectivity index (χ2n) is 1.82. The van der Waals surface area contributed by atoms with Crippen LogP contribution in [0.4, 0.5) is 0 Å². The Bertz CT molecular complexity index is 306. The molecule has 0 bridgehead atoms. The maximum atomic E-state index is 10.6. The summed E-state index contributed by atoms with van der Waals surface area (Å²) in [7, 11) is 0. The minimum atomic E-state index is -1.92. The summed E-state index contributed by atoms with van der Waals surface area (Å²) in [6.07, 6.45) is 0. The molecule has 1 N–H and O–H groups in total. The molecule has 1 atom stereocenters. The van der Waals surface area contributed by atoms with E-state index in [-0.39, 0.29) is 29.6 Å². The third kappa shape index (κ3) is 3.57. The fourth-order valence-corrected chi connectivity index (χ4v) is 2.49. The zero-order valence-electron chi connectivity index (χ0n) is 6.25. The predicted octanol–water partition coefficient (Wildman–Crippen LogP) is -0.204. The van der Waals surface area contributed by atoms with Crippen molar-refractivity contribution in [1.82, 2.24) is 0 Å². The van der Waals surface area contributed by atoms with Crippen LogP contribution in [0.1, 0.15) is 0 Å². The number of hydrogen-bond acceptors (Lipinski definition) is 1. The largest absolute Gasteiger partial charge is 1.00 e. The van der Waals surface area contributed by atoms with Gasteiger partial charge in [0, 0.05) is 8.95 Å². The molecule has 1 aromatic carbocycles. The Morgan fingerprint density at radius 3 is 2.33 bits per heavy atom. The first-order valence-electron chi connectivity index (χ1n) is 2.67. The molecule has 2 nitrogen and oxygen atoms in total. The van der Waals surface area contributed by atoms with Crippen molar-refractivity contribution in [2.24, 2.45) is 0 Å². The molecule has 0 heterocycles. The van der Waals surface area contributed by atoms with E-state index in [0.717, 1.165) is 4.47 Å². The Balaban J connectivity index is 0.00000121. The first-order valence-corrected chi connectivity index (χ1v) is 5.36. The van der Waals surface area contributed by atoms with Gasteiger partial charge >= 0.3 is 29.6 Å². The Kier molecular flexibility index (Phi) is 6.54. The van der Waals surface area contributed by atoms with Gasteiger partial charge in [0.15, 0.2) is 11.1 Å². The summed E-state index contributed by atoms with van der Waals surface area (Å²) in [5.41, 5.74) is 0. The van der Waals surface area contributed by atoms with E-state index < -0.39 is 11.1 Å². The van der Waals surface area contributed by atoms with Crippen molar-refractivity contribution in [3.8, 4) is 0 Å². The van der Waals surface area contributed by atoms with Crippen LogP contribution < -0.4 is 29.6 Å². The van der Waals surface area contributed by atoms with Crippen LogP contribution in [-0.2, 0) is 11.1 Å². The van der Waals surface area contributed by atoms with Crippen molar-refractivity contribution in [3.63, 3.8) is 0 Å². The molecule has 0 saturated heterocycles. The van der Waals surface area contributed by atoms with Gasteiger partial charge in [-0.2, -0.15) is 0 Å². The van der Waals surface area contributed by atoms with Crippen molar-refractivity contribution in [1.29, 1.82) is 0 Å². The summed E-state index contributed by atoms with van der Waals surface area (Å²) >= 11 is 4.48. The maximum Gasteiger partial charge on any atom is 1.00 e. The minimum absolute atomic E-state index is 0. The number of halogens is 2. The molecule has 0 spiro atoms. The molecule has 0 aliphatic rings. The second kappa shape index (κ2) is 5.90. The fourth-order valence-electron chi connectivity index (χ4n) is 0.617. The van der Waals surface area contributed by atoms with Crippen LogP contribution >= 0.6 is 31.9 Å². The third-order valence-corrected chi connectivity index (χ3v) is 3.23. The van der Waals surface area contributed by atoms with Crippen LogP contribution in [0, 0.1) is 0 Å². The van der Waals surface area contributed by atoms with Crippen molar-refractivity contribution in [2.45, 2.75) is 4.90 Å². The van der Waals surface area contributed by atoms with E-state index in [2.05, 4.69) is 31.9 Å². The Morgan fingerprint density at radius 1 is 1.33 bits per heavy atom. The quantitative estimate of drug-likeness (QED) is 0.574. The van der Waals surface area contributed by atoms with Crippen molar-refractivity contribution < 1.29 is 38.3 Å². The van der Waals surface area contributed by atoms with E-state index in [4.69, 9.17) is 4.55 Å². The first-order chi connectivity index (χ1) is 5.11. The van der Waals surface area contributed by atoms with Crippen molar-refractivity contribution in [3.05, 3.63) is 27.1 Å². The molecule has 60 valence electrons. The molecule has 1 unspecified atom stereocenters. The van der Waals surface area contributed by atoms with Gasteiger partial charge in [-0.1, -0.05) is 15.9 Å². The van der Waals surface area contributed by atoms with Gasteiger partial charge in [-0.25, -0.2) is 4.21 Å². The minimum Gasteiger partial charge on any atom is -0.302 e. The van der Waals surface area contributed by atoms with Crippen LogP contribution in [0.15, 0.2) is 32.0 Å². The summed E-state index contributed by atoms with van der Waals surface area (Å²) in [5.74, 6) is 0. The Labute approximate surface area is 112 Å². The van der Waals surface area contributed by atoms with Gasteiger partial charge < -0.3 is 4.55 Å². The Hall–Kier alpha value is 1.29. The maximum absolute atomic E-state index is 10.6. The third-order valence-electron chi connectivity index (χ3n) is 1.08. The van der Waals surface area contributed by atoms with Crippen LogP contribution in [-0.4, -0.2) is 8.76 Å². The van der Waals surface area contributed by atoms with E-state index in [1.807, 2.05) is 0 Å². The van der Waals surface area contributed by atoms with Gasteiger partial charge in [0.2, 0.25) is 0 Å². The molecule has 0 saturated carbocycles. The normalized spacial score (nSPS) is 11.9. The zero-order valence-corrected chi connectivity index (χ0v) is 12.2. The molecule has 6 heteroatoms.